The van der Waals surface area contributed by atoms with Crippen LogP contribution in [0.25, 0.3) is 0 Å². The number of carboxylic acid groups (broad SMARTS) is 1. The zero-order chi connectivity index (χ0) is 23.5. The zero-order valence-electron chi connectivity index (χ0n) is 18.0. The lowest BCUT2D eigenvalue weighted by Gasteiger charge is -2.32. The number of ether oxygens (including phenoxy) is 1. The monoisotopic (exact) mass is 458 g/mol. The van der Waals surface area contributed by atoms with Crippen molar-refractivity contribution in [2.24, 2.45) is 0 Å². The summed E-state index contributed by atoms with van der Waals surface area (Å²) in [7, 11) is 0. The summed E-state index contributed by atoms with van der Waals surface area (Å²) in [6, 6.07) is 4.52. The summed E-state index contributed by atoms with van der Waals surface area (Å²) in [5.74, 6) is -2.18. The molecule has 0 saturated carbocycles. The van der Waals surface area contributed by atoms with E-state index in [9.17, 15) is 24.0 Å². The molecule has 4 amide bonds. The van der Waals surface area contributed by atoms with Gasteiger partial charge in [0.15, 0.2) is 0 Å². The fourth-order valence-corrected chi connectivity index (χ4v) is 4.49. The number of hydrogen-bond acceptors (Lipinski definition) is 7. The molecule has 11 nitrogen and oxygen atoms in total. The number of hydrogen-bond donors (Lipinski definition) is 3. The Bertz CT molecular complexity index is 987. The highest BCUT2D eigenvalue weighted by Gasteiger charge is 2.39. The van der Waals surface area contributed by atoms with Gasteiger partial charge in [0.05, 0.1) is 12.6 Å². The molecule has 33 heavy (non-hydrogen) atoms. The number of rotatable bonds is 7. The standard InChI is InChI=1S/C22H26N4O7/c27-18-5-4-17(21(31)24-18)26-11-15-14(22(26)32)2-1-3-16(15)23-10-19(28)25-8-6-13(7-9-25)33-12-20(29)30/h1-3,13,17,23H,4-12H2,(H,29,30)(H,24,27,31). The van der Waals surface area contributed by atoms with Crippen LogP contribution in [-0.4, -0.2) is 82.9 Å². The smallest absolute Gasteiger partial charge is 0.329 e. The van der Waals surface area contributed by atoms with Crippen molar-refractivity contribution in [3.63, 3.8) is 0 Å². The molecule has 1 unspecified atom stereocenters. The van der Waals surface area contributed by atoms with E-state index in [0.29, 0.717) is 37.2 Å². The second kappa shape index (κ2) is 9.57. The van der Waals surface area contributed by atoms with Gasteiger partial charge in [-0.05, 0) is 31.4 Å². The largest absolute Gasteiger partial charge is 0.480 e. The molecule has 0 aliphatic carbocycles. The topological polar surface area (TPSA) is 145 Å². The zero-order valence-corrected chi connectivity index (χ0v) is 18.0. The molecule has 11 heteroatoms. The molecule has 1 aromatic rings. The van der Waals surface area contributed by atoms with Crippen LogP contribution in [0.4, 0.5) is 5.69 Å². The van der Waals surface area contributed by atoms with Gasteiger partial charge >= 0.3 is 5.97 Å². The first kappa shape index (κ1) is 22.7. The van der Waals surface area contributed by atoms with Crippen molar-refractivity contribution in [2.75, 3.05) is 31.6 Å². The lowest BCUT2D eigenvalue weighted by molar-refractivity contribution is -0.146. The third-order valence-corrected chi connectivity index (χ3v) is 6.25. The molecule has 3 aliphatic heterocycles. The first-order chi connectivity index (χ1) is 15.8. The van der Waals surface area contributed by atoms with Crippen molar-refractivity contribution in [3.8, 4) is 0 Å². The quantitative estimate of drug-likeness (QED) is 0.482. The van der Waals surface area contributed by atoms with Gasteiger partial charge < -0.3 is 25.0 Å². The van der Waals surface area contributed by atoms with Crippen molar-refractivity contribution >= 4 is 35.3 Å². The van der Waals surface area contributed by atoms with Crippen LogP contribution in [0.2, 0.25) is 0 Å². The van der Waals surface area contributed by atoms with E-state index in [0.717, 1.165) is 5.56 Å². The minimum Gasteiger partial charge on any atom is -0.480 e. The Kier molecular flexibility index (Phi) is 6.59. The molecule has 2 saturated heterocycles. The lowest BCUT2D eigenvalue weighted by atomic mass is 10.0. The Hall–Kier alpha value is -3.47. The number of carbonyl (C=O) groups is 5. The highest BCUT2D eigenvalue weighted by molar-refractivity contribution is 6.06. The van der Waals surface area contributed by atoms with Crippen LogP contribution in [0.15, 0.2) is 18.2 Å². The van der Waals surface area contributed by atoms with Crippen LogP contribution in [0, 0.1) is 0 Å². The average Bonchev–Trinajstić information content (AvgIpc) is 3.13. The normalized spacial score (nSPS) is 21.1. The number of fused-ring (bicyclic) bond motifs is 1. The van der Waals surface area contributed by atoms with Gasteiger partial charge in [-0.3, -0.25) is 24.5 Å². The summed E-state index contributed by atoms with van der Waals surface area (Å²) >= 11 is 0. The van der Waals surface area contributed by atoms with E-state index in [1.54, 1.807) is 23.1 Å². The number of carbonyl (C=O) groups excluding carboxylic acids is 4. The molecular formula is C22H26N4O7. The Morgan fingerprint density at radius 1 is 1.15 bits per heavy atom. The predicted molar refractivity (Wildman–Crippen MR) is 114 cm³/mol. The summed E-state index contributed by atoms with van der Waals surface area (Å²) in [6.07, 6.45) is 1.47. The number of nitrogens with zero attached hydrogens (tertiary/aromatic N) is 2. The van der Waals surface area contributed by atoms with Gasteiger partial charge in [-0.2, -0.15) is 0 Å². The second-order valence-corrected chi connectivity index (χ2v) is 8.37. The molecule has 3 heterocycles. The Labute approximate surface area is 190 Å². The van der Waals surface area contributed by atoms with Crippen molar-refractivity contribution in [2.45, 2.75) is 44.4 Å². The summed E-state index contributed by atoms with van der Waals surface area (Å²) in [5.41, 5.74) is 1.86. The lowest BCUT2D eigenvalue weighted by Crippen LogP contribution is -2.52. The molecule has 3 aliphatic rings. The van der Waals surface area contributed by atoms with Gasteiger partial charge in [0.2, 0.25) is 17.7 Å². The van der Waals surface area contributed by atoms with E-state index >= 15 is 0 Å². The molecule has 0 bridgehead atoms. The average molecular weight is 458 g/mol. The van der Waals surface area contributed by atoms with Gasteiger partial charge in [-0.25, -0.2) is 4.79 Å². The number of piperidine rings is 2. The number of anilines is 1. The number of likely N-dealkylation sites (tertiary alicyclic amines) is 1. The molecule has 0 radical (unpaired) electrons. The maximum absolute atomic E-state index is 12.9. The molecule has 0 spiro atoms. The van der Waals surface area contributed by atoms with Crippen LogP contribution >= 0.6 is 0 Å². The molecular weight excluding hydrogens is 432 g/mol. The first-order valence-electron chi connectivity index (χ1n) is 10.9. The van der Waals surface area contributed by atoms with Crippen LogP contribution in [0.3, 0.4) is 0 Å². The summed E-state index contributed by atoms with van der Waals surface area (Å²) in [6.45, 7) is 0.903. The fourth-order valence-electron chi connectivity index (χ4n) is 4.49. The van der Waals surface area contributed by atoms with Crippen molar-refractivity contribution in [1.82, 2.24) is 15.1 Å². The van der Waals surface area contributed by atoms with Crippen LogP contribution < -0.4 is 10.6 Å². The van der Waals surface area contributed by atoms with Crippen LogP contribution in [-0.2, 0) is 30.5 Å². The number of carboxylic acids is 1. The molecule has 4 rings (SSSR count). The van der Waals surface area contributed by atoms with Gasteiger partial charge in [0.1, 0.15) is 12.6 Å². The number of amides is 4. The summed E-state index contributed by atoms with van der Waals surface area (Å²) in [4.78, 5) is 63.0. The predicted octanol–water partition coefficient (Wildman–Crippen LogP) is -0.0483. The maximum Gasteiger partial charge on any atom is 0.329 e. The number of imide groups is 1. The van der Waals surface area contributed by atoms with Crippen molar-refractivity contribution in [3.05, 3.63) is 29.3 Å². The van der Waals surface area contributed by atoms with E-state index < -0.39 is 17.9 Å². The molecule has 3 N–H and O–H groups in total. The Morgan fingerprint density at radius 3 is 2.61 bits per heavy atom. The summed E-state index contributed by atoms with van der Waals surface area (Å²) < 4.78 is 5.30. The van der Waals surface area contributed by atoms with Crippen molar-refractivity contribution in [1.29, 1.82) is 0 Å². The number of benzene rings is 1. The highest BCUT2D eigenvalue weighted by atomic mass is 16.5. The van der Waals surface area contributed by atoms with Crippen molar-refractivity contribution < 1.29 is 33.8 Å². The van der Waals surface area contributed by atoms with E-state index in [-0.39, 0.29) is 56.4 Å². The number of aliphatic carboxylic acids is 1. The molecule has 0 aromatic heterocycles. The van der Waals surface area contributed by atoms with E-state index in [4.69, 9.17) is 9.84 Å². The van der Waals surface area contributed by atoms with Gasteiger partial charge in [-0.15, -0.1) is 0 Å². The SMILES string of the molecule is O=C(O)COC1CCN(C(=O)CNc2cccc3c2CN(C2CCC(=O)NC2=O)C3=O)CC1. The highest BCUT2D eigenvalue weighted by Crippen LogP contribution is 2.32. The van der Waals surface area contributed by atoms with Gasteiger partial charge in [-0.1, -0.05) is 6.07 Å². The molecule has 176 valence electrons. The van der Waals surface area contributed by atoms with Gasteiger partial charge in [0.25, 0.3) is 5.91 Å². The molecule has 1 atom stereocenters. The van der Waals surface area contributed by atoms with Crippen LogP contribution in [0.1, 0.15) is 41.6 Å². The second-order valence-electron chi connectivity index (χ2n) is 8.37. The van der Waals surface area contributed by atoms with Crippen LogP contribution in [0.5, 0.6) is 0 Å². The van der Waals surface area contributed by atoms with E-state index in [1.165, 1.54) is 4.90 Å². The summed E-state index contributed by atoms with van der Waals surface area (Å²) in [5, 5.41) is 14.1. The first-order valence-corrected chi connectivity index (χ1v) is 10.9. The minimum atomic E-state index is -1.01. The molecule has 2 fully saturated rings. The third kappa shape index (κ3) is 4.98. The van der Waals surface area contributed by atoms with E-state index in [2.05, 4.69) is 10.6 Å². The van der Waals surface area contributed by atoms with E-state index in [1.807, 2.05) is 0 Å². The van der Waals surface area contributed by atoms with Gasteiger partial charge in [0, 0.05) is 42.9 Å². The fraction of sp³-hybridized carbons (Fsp3) is 0.500. The Morgan fingerprint density at radius 2 is 1.91 bits per heavy atom. The Balaban J connectivity index is 1.34. The molecule has 1 aromatic carbocycles. The third-order valence-electron chi connectivity index (χ3n) is 6.25. The number of nitrogens with one attached hydrogen (secondary N) is 2. The maximum atomic E-state index is 12.9. The minimum absolute atomic E-state index is 0.0453.